The number of azo groups is 2. The topological polar surface area (TPSA) is 246 Å². The number of nitrogens with one attached hydrogen (secondary N) is 3. The van der Waals surface area contributed by atoms with E-state index in [4.69, 9.17) is 11.5 Å². The largest absolute Gasteiger partial charge is 0.507 e. The third-order valence-corrected chi connectivity index (χ3v) is 12.9. The Balaban J connectivity index is 0.000000287. The molecule has 3 amide bonds. The number of carbonyl (C=O) groups excluding carboxylic acids is 4. The van der Waals surface area contributed by atoms with Gasteiger partial charge in [-0.1, -0.05) is 91.8 Å². The van der Waals surface area contributed by atoms with Gasteiger partial charge in [0.1, 0.15) is 17.3 Å². The predicted molar refractivity (Wildman–Crippen MR) is 314 cm³/mol. The first-order valence-corrected chi connectivity index (χ1v) is 27.1. The highest BCUT2D eigenvalue weighted by Gasteiger charge is 2.17. The number of amides is 3. The smallest absolute Gasteiger partial charge is 0.251 e. The van der Waals surface area contributed by atoms with Crippen LogP contribution in [0, 0.1) is 0 Å². The summed E-state index contributed by atoms with van der Waals surface area (Å²) < 4.78 is 0. The SMILES string of the molecule is CC(C)c1cc(CCCC(=O)Nc2ccc(N=Nc3ccc(C(=O)NCCN)cc3)cc2)cc(C(C)C)c1O.CC(C)c1cc(CCCC(=O)Nc2ccc(N=Nc3ccc(CC(=O)CCN)cc3)cc2)cc(C(C)C)c1O. The van der Waals surface area contributed by atoms with Crippen LogP contribution in [0.4, 0.5) is 34.1 Å². The van der Waals surface area contributed by atoms with Gasteiger partial charge in [-0.2, -0.15) is 20.5 Å². The van der Waals surface area contributed by atoms with Gasteiger partial charge in [-0.15, -0.1) is 0 Å². The highest BCUT2D eigenvalue weighted by atomic mass is 16.3. The molecule has 9 N–H and O–H groups in total. The molecule has 412 valence electrons. The summed E-state index contributed by atoms with van der Waals surface area (Å²) in [6.07, 6.45) is 4.54. The highest BCUT2D eigenvalue weighted by Crippen LogP contribution is 2.37. The van der Waals surface area contributed by atoms with Crippen LogP contribution >= 0.6 is 0 Å². The van der Waals surface area contributed by atoms with Crippen molar-refractivity contribution in [2.24, 2.45) is 31.9 Å². The number of carbonyl (C=O) groups is 4. The molecule has 0 bridgehead atoms. The molecule has 15 nitrogen and oxygen atoms in total. The van der Waals surface area contributed by atoms with Crippen LogP contribution in [0.5, 0.6) is 11.5 Å². The molecule has 0 saturated heterocycles. The second-order valence-electron chi connectivity index (χ2n) is 20.7. The molecule has 0 atom stereocenters. The standard InChI is InChI=1S/C32H40N4O3.C31H39N5O3/c1-21(2)29-19-24(20-30(22(3)4)32(29)39)6-5-7-31(38)34-25-12-14-27(15-13-25)36-35-26-10-8-23(9-11-26)18-28(37)16-17-33;1-20(2)27-18-22(19-28(21(3)4)30(27)38)6-5-7-29(37)34-24-12-14-26(15-13-24)36-35-25-10-8-23(9-11-25)31(39)33-17-16-32/h8-15,19-22,39H,5-7,16-18,33H2,1-4H3,(H,34,38);8-15,18-21,38H,5-7,16-17,32H2,1-4H3,(H,33,39)(H,34,37). The lowest BCUT2D eigenvalue weighted by Gasteiger charge is -2.17. The van der Waals surface area contributed by atoms with Gasteiger partial charge in [0.05, 0.1) is 22.7 Å². The first kappa shape index (κ1) is 61.0. The number of rotatable bonds is 25. The highest BCUT2D eigenvalue weighted by molar-refractivity contribution is 5.94. The van der Waals surface area contributed by atoms with E-state index in [2.05, 4.69) is 116 Å². The van der Waals surface area contributed by atoms with E-state index in [1.54, 1.807) is 60.7 Å². The van der Waals surface area contributed by atoms with Crippen molar-refractivity contribution in [3.63, 3.8) is 0 Å². The zero-order valence-corrected chi connectivity index (χ0v) is 46.6. The van der Waals surface area contributed by atoms with E-state index in [1.165, 1.54) is 0 Å². The number of nitrogens with two attached hydrogens (primary N) is 2. The van der Waals surface area contributed by atoms with Crippen LogP contribution in [0.15, 0.2) is 142 Å². The van der Waals surface area contributed by atoms with Crippen molar-refractivity contribution in [1.82, 2.24) is 5.32 Å². The zero-order chi connectivity index (χ0) is 56.7. The van der Waals surface area contributed by atoms with Crippen molar-refractivity contribution >= 4 is 57.6 Å². The molecule has 0 aliphatic heterocycles. The number of aryl methyl sites for hydroxylation is 2. The second kappa shape index (κ2) is 30.8. The van der Waals surface area contributed by atoms with Gasteiger partial charge < -0.3 is 37.6 Å². The molecule has 6 aromatic carbocycles. The summed E-state index contributed by atoms with van der Waals surface area (Å²) in [4.78, 5) is 48.7. The van der Waals surface area contributed by atoms with Crippen molar-refractivity contribution < 1.29 is 29.4 Å². The summed E-state index contributed by atoms with van der Waals surface area (Å²) in [7, 11) is 0. The minimum absolute atomic E-state index is 0.0404. The van der Waals surface area contributed by atoms with E-state index in [-0.39, 0.29) is 47.2 Å². The fraction of sp³-hybridized carbons (Fsp3) is 0.365. The lowest BCUT2D eigenvalue weighted by molar-refractivity contribution is -0.118. The van der Waals surface area contributed by atoms with Gasteiger partial charge in [-0.3, -0.25) is 19.2 Å². The fourth-order valence-electron chi connectivity index (χ4n) is 8.47. The number of hydrogen-bond donors (Lipinski definition) is 7. The molecule has 0 unspecified atom stereocenters. The first-order chi connectivity index (χ1) is 37.3. The van der Waals surface area contributed by atoms with Gasteiger partial charge in [0.25, 0.3) is 5.91 Å². The molecular formula is C63H79N9O6. The zero-order valence-electron chi connectivity index (χ0n) is 46.6. The van der Waals surface area contributed by atoms with E-state index >= 15 is 0 Å². The number of Topliss-reactive ketones (excluding diaryl/α,β-unsaturated/α-hetero) is 1. The summed E-state index contributed by atoms with van der Waals surface area (Å²) in [5, 5.41) is 46.7. The van der Waals surface area contributed by atoms with Gasteiger partial charge in [0, 0.05) is 55.7 Å². The van der Waals surface area contributed by atoms with Crippen LogP contribution < -0.4 is 27.4 Å². The molecule has 0 aromatic heterocycles. The number of hydrogen-bond acceptors (Lipinski definition) is 12. The number of nitrogens with zero attached hydrogens (tertiary/aromatic N) is 4. The Bertz CT molecular complexity index is 2910. The number of aromatic hydroxyl groups is 2. The molecule has 78 heavy (non-hydrogen) atoms. The minimum atomic E-state index is -0.178. The fourth-order valence-corrected chi connectivity index (χ4v) is 8.47. The normalized spacial score (nSPS) is 11.4. The minimum Gasteiger partial charge on any atom is -0.507 e. The molecular weight excluding hydrogens is 979 g/mol. The van der Waals surface area contributed by atoms with E-state index < -0.39 is 0 Å². The maximum atomic E-state index is 12.5. The van der Waals surface area contributed by atoms with E-state index in [0.29, 0.717) is 103 Å². The maximum absolute atomic E-state index is 12.5. The molecule has 6 rings (SSSR count). The first-order valence-electron chi connectivity index (χ1n) is 27.1. The van der Waals surface area contributed by atoms with Gasteiger partial charge in [0.15, 0.2) is 0 Å². The lowest BCUT2D eigenvalue weighted by atomic mass is 9.90. The summed E-state index contributed by atoms with van der Waals surface area (Å²) >= 11 is 0. The molecule has 0 spiro atoms. The van der Waals surface area contributed by atoms with Crippen molar-refractivity contribution in [2.45, 2.75) is 130 Å². The van der Waals surface area contributed by atoms with E-state index in [9.17, 15) is 29.4 Å². The van der Waals surface area contributed by atoms with Gasteiger partial charge in [0.2, 0.25) is 11.8 Å². The number of anilines is 2. The Labute approximate surface area is 460 Å². The monoisotopic (exact) mass is 1060 g/mol. The molecule has 0 aliphatic rings. The van der Waals surface area contributed by atoms with Gasteiger partial charge in [-0.25, -0.2) is 0 Å². The van der Waals surface area contributed by atoms with Gasteiger partial charge in [-0.05, 0) is 180 Å². The number of phenolic OH excluding ortho intramolecular Hbond substituents is 2. The van der Waals surface area contributed by atoms with Crippen molar-refractivity contribution in [3.8, 4) is 11.5 Å². The molecule has 0 heterocycles. The summed E-state index contributed by atoms with van der Waals surface area (Å²) in [5.74, 6) is 1.57. The van der Waals surface area contributed by atoms with Crippen LogP contribution in [0.3, 0.4) is 0 Å². The van der Waals surface area contributed by atoms with E-state index in [0.717, 1.165) is 58.2 Å². The predicted octanol–water partition coefficient (Wildman–Crippen LogP) is 14.2. The Kier molecular flexibility index (Phi) is 24.0. The lowest BCUT2D eigenvalue weighted by Crippen LogP contribution is -2.28. The average molecular weight is 1060 g/mol. The van der Waals surface area contributed by atoms with Crippen molar-refractivity contribution in [1.29, 1.82) is 0 Å². The molecule has 6 aromatic rings. The second-order valence-corrected chi connectivity index (χ2v) is 20.7. The Hall–Kier alpha value is -7.88. The molecule has 0 fully saturated rings. The molecule has 0 saturated carbocycles. The van der Waals surface area contributed by atoms with Crippen LogP contribution in [0.25, 0.3) is 0 Å². The third kappa shape index (κ3) is 19.6. The summed E-state index contributed by atoms with van der Waals surface area (Å²) in [5.41, 5.74) is 22.5. The van der Waals surface area contributed by atoms with Crippen LogP contribution in [-0.2, 0) is 33.6 Å². The summed E-state index contributed by atoms with van der Waals surface area (Å²) in [6, 6.07) is 36.8. The number of ketones is 1. The summed E-state index contributed by atoms with van der Waals surface area (Å²) in [6.45, 7) is 17.8. The van der Waals surface area contributed by atoms with Crippen LogP contribution in [-0.4, -0.2) is 53.4 Å². The molecule has 0 aliphatic carbocycles. The number of phenols is 2. The Morgan fingerprint density at radius 2 is 0.808 bits per heavy atom. The quantitative estimate of drug-likeness (QED) is 0.0271. The van der Waals surface area contributed by atoms with Crippen LogP contribution in [0.2, 0.25) is 0 Å². The van der Waals surface area contributed by atoms with Crippen molar-refractivity contribution in [3.05, 3.63) is 166 Å². The Morgan fingerprint density at radius 1 is 0.462 bits per heavy atom. The number of benzene rings is 6. The van der Waals surface area contributed by atoms with Crippen LogP contribution in [0.1, 0.15) is 160 Å². The molecule has 15 heteroatoms. The third-order valence-electron chi connectivity index (χ3n) is 12.9. The average Bonchev–Trinajstić information content (AvgIpc) is 3.42. The van der Waals surface area contributed by atoms with E-state index in [1.807, 2.05) is 36.4 Å². The molecule has 0 radical (unpaired) electrons. The van der Waals surface area contributed by atoms with Gasteiger partial charge >= 0.3 is 0 Å². The maximum Gasteiger partial charge on any atom is 0.251 e. The van der Waals surface area contributed by atoms with Crippen molar-refractivity contribution in [2.75, 3.05) is 30.3 Å². The Morgan fingerprint density at radius 3 is 1.14 bits per heavy atom.